The molecule has 1 atom stereocenters. The molecular formula is C21H22N2O3. The number of fused-ring (bicyclic) bond motifs is 4. The molecule has 2 aromatic rings. The van der Waals surface area contributed by atoms with Crippen molar-refractivity contribution in [2.75, 3.05) is 26.7 Å². The number of benzene rings is 2. The van der Waals surface area contributed by atoms with Gasteiger partial charge in [0.25, 0.3) is 5.91 Å². The Balaban J connectivity index is 1.82. The number of carbonyl (C=O) groups excluding carboxylic acids is 2. The van der Waals surface area contributed by atoms with Gasteiger partial charge in [0.1, 0.15) is 12.4 Å². The fraction of sp³-hybridized carbons (Fsp3) is 0.333. The molecule has 5 nitrogen and oxygen atoms in total. The van der Waals surface area contributed by atoms with Gasteiger partial charge in [0.05, 0.1) is 12.6 Å². The fourth-order valence-electron chi connectivity index (χ4n) is 3.81. The van der Waals surface area contributed by atoms with Crippen LogP contribution in [0.15, 0.2) is 48.5 Å². The molecule has 2 heterocycles. The molecule has 134 valence electrons. The molecule has 0 aromatic heterocycles. The first-order valence-electron chi connectivity index (χ1n) is 9.01. The van der Waals surface area contributed by atoms with E-state index >= 15 is 0 Å². The van der Waals surface area contributed by atoms with Crippen LogP contribution in [0.3, 0.4) is 0 Å². The van der Waals surface area contributed by atoms with Crippen LogP contribution < -0.4 is 4.74 Å². The van der Waals surface area contributed by atoms with Crippen molar-refractivity contribution in [3.63, 3.8) is 0 Å². The van der Waals surface area contributed by atoms with E-state index in [-0.39, 0.29) is 24.4 Å². The Morgan fingerprint density at radius 2 is 1.65 bits per heavy atom. The predicted octanol–water partition coefficient (Wildman–Crippen LogP) is 2.81. The summed E-state index contributed by atoms with van der Waals surface area (Å²) in [5.74, 6) is 0.577. The summed E-state index contributed by atoms with van der Waals surface area (Å²) in [4.78, 5) is 29.1. The van der Waals surface area contributed by atoms with E-state index < -0.39 is 0 Å². The van der Waals surface area contributed by atoms with E-state index in [2.05, 4.69) is 0 Å². The van der Waals surface area contributed by atoms with Gasteiger partial charge in [-0.15, -0.1) is 0 Å². The van der Waals surface area contributed by atoms with E-state index in [4.69, 9.17) is 4.74 Å². The zero-order valence-electron chi connectivity index (χ0n) is 14.9. The highest BCUT2D eigenvalue weighted by atomic mass is 16.5. The molecule has 2 amide bonds. The SMILES string of the molecule is CN1CC(=O)N2CCC[C@H]2COc2ccccc2-c2ccccc2C1=O. The zero-order valence-corrected chi connectivity index (χ0v) is 14.9. The number of carbonyl (C=O) groups is 2. The minimum Gasteiger partial charge on any atom is -0.491 e. The van der Waals surface area contributed by atoms with Gasteiger partial charge in [-0.3, -0.25) is 9.59 Å². The molecule has 0 aliphatic carbocycles. The van der Waals surface area contributed by atoms with Gasteiger partial charge in [-0.25, -0.2) is 0 Å². The van der Waals surface area contributed by atoms with Gasteiger partial charge in [-0.05, 0) is 30.5 Å². The second-order valence-corrected chi connectivity index (χ2v) is 6.90. The van der Waals surface area contributed by atoms with E-state index in [1.807, 2.05) is 47.4 Å². The maximum atomic E-state index is 13.0. The quantitative estimate of drug-likeness (QED) is 0.734. The summed E-state index contributed by atoms with van der Waals surface area (Å²) in [6, 6.07) is 15.3. The van der Waals surface area contributed by atoms with Crippen LogP contribution in [-0.2, 0) is 4.79 Å². The number of hydrogen-bond donors (Lipinski definition) is 0. The van der Waals surface area contributed by atoms with Crippen LogP contribution in [0, 0.1) is 0 Å². The largest absolute Gasteiger partial charge is 0.491 e. The summed E-state index contributed by atoms with van der Waals surface area (Å²) in [6.45, 7) is 1.29. The number of likely N-dealkylation sites (N-methyl/N-ethyl adjacent to an activating group) is 1. The van der Waals surface area contributed by atoms with E-state index in [0.717, 1.165) is 36.3 Å². The highest BCUT2D eigenvalue weighted by Crippen LogP contribution is 2.34. The zero-order chi connectivity index (χ0) is 18.1. The molecule has 26 heavy (non-hydrogen) atoms. The number of rotatable bonds is 0. The standard InChI is InChI=1S/C21H22N2O3/c1-22-13-20(24)23-12-6-7-15(23)14-26-19-11-5-4-9-17(19)16-8-2-3-10-18(16)21(22)25/h2-5,8-11,15H,6-7,12-14H2,1H3/t15-/m0/s1. The van der Waals surface area contributed by atoms with Crippen molar-refractivity contribution in [3.8, 4) is 16.9 Å². The van der Waals surface area contributed by atoms with Crippen LogP contribution in [0.25, 0.3) is 11.1 Å². The van der Waals surface area contributed by atoms with Crippen molar-refractivity contribution in [2.45, 2.75) is 18.9 Å². The summed E-state index contributed by atoms with van der Waals surface area (Å²) >= 11 is 0. The van der Waals surface area contributed by atoms with Gasteiger partial charge in [-0.1, -0.05) is 36.4 Å². The Morgan fingerprint density at radius 1 is 0.962 bits per heavy atom. The first kappa shape index (κ1) is 16.6. The van der Waals surface area contributed by atoms with Crippen LogP contribution in [0.2, 0.25) is 0 Å². The first-order valence-corrected chi connectivity index (χ1v) is 9.01. The molecule has 2 aliphatic heterocycles. The molecule has 0 unspecified atom stereocenters. The van der Waals surface area contributed by atoms with Gasteiger partial charge in [0.15, 0.2) is 0 Å². The molecule has 0 bridgehead atoms. The van der Waals surface area contributed by atoms with Gasteiger partial charge in [0, 0.05) is 24.7 Å². The molecule has 2 aromatic carbocycles. The van der Waals surface area contributed by atoms with E-state index in [1.165, 1.54) is 4.90 Å². The molecular weight excluding hydrogens is 328 g/mol. The van der Waals surface area contributed by atoms with Gasteiger partial charge in [0.2, 0.25) is 5.91 Å². The summed E-state index contributed by atoms with van der Waals surface area (Å²) in [6.07, 6.45) is 1.90. The monoisotopic (exact) mass is 350 g/mol. The van der Waals surface area contributed by atoms with Crippen molar-refractivity contribution in [2.24, 2.45) is 0 Å². The topological polar surface area (TPSA) is 49.9 Å². The summed E-state index contributed by atoms with van der Waals surface area (Å²) in [5.41, 5.74) is 2.31. The Bertz CT molecular complexity index is 849. The number of ether oxygens (including phenoxy) is 1. The normalized spacial score (nSPS) is 20.4. The highest BCUT2D eigenvalue weighted by Gasteiger charge is 2.31. The van der Waals surface area contributed by atoms with Gasteiger partial charge < -0.3 is 14.5 Å². The van der Waals surface area contributed by atoms with Crippen LogP contribution in [-0.4, -0.2) is 54.4 Å². The maximum absolute atomic E-state index is 13.0. The lowest BCUT2D eigenvalue weighted by Crippen LogP contribution is -2.45. The minimum absolute atomic E-state index is 0.0155. The number of hydrogen-bond acceptors (Lipinski definition) is 3. The van der Waals surface area contributed by atoms with Gasteiger partial charge >= 0.3 is 0 Å². The highest BCUT2D eigenvalue weighted by molar-refractivity contribution is 6.02. The molecule has 0 saturated carbocycles. The third-order valence-corrected chi connectivity index (χ3v) is 5.18. The number of amides is 2. The van der Waals surface area contributed by atoms with Crippen LogP contribution in [0.4, 0.5) is 0 Å². The number of nitrogens with zero attached hydrogens (tertiary/aromatic N) is 2. The van der Waals surface area contributed by atoms with Crippen molar-refractivity contribution in [1.29, 1.82) is 0 Å². The lowest BCUT2D eigenvalue weighted by Gasteiger charge is -2.29. The Hall–Kier alpha value is -2.82. The van der Waals surface area contributed by atoms with Crippen LogP contribution >= 0.6 is 0 Å². The second kappa shape index (κ2) is 6.83. The van der Waals surface area contributed by atoms with E-state index in [0.29, 0.717) is 12.2 Å². The molecule has 1 saturated heterocycles. The van der Waals surface area contributed by atoms with Crippen LogP contribution in [0.1, 0.15) is 23.2 Å². The fourth-order valence-corrected chi connectivity index (χ4v) is 3.81. The predicted molar refractivity (Wildman–Crippen MR) is 99.1 cm³/mol. The minimum atomic E-state index is -0.153. The Kier molecular flexibility index (Phi) is 4.37. The smallest absolute Gasteiger partial charge is 0.254 e. The average molecular weight is 350 g/mol. The van der Waals surface area contributed by atoms with E-state index in [9.17, 15) is 9.59 Å². The average Bonchev–Trinajstić information content (AvgIpc) is 3.14. The summed E-state index contributed by atoms with van der Waals surface area (Å²) in [7, 11) is 1.69. The second-order valence-electron chi connectivity index (χ2n) is 6.90. The molecule has 5 heteroatoms. The van der Waals surface area contributed by atoms with Crippen molar-refractivity contribution < 1.29 is 14.3 Å². The van der Waals surface area contributed by atoms with Crippen molar-refractivity contribution >= 4 is 11.8 Å². The molecule has 0 N–H and O–H groups in total. The summed E-state index contributed by atoms with van der Waals surface area (Å²) < 4.78 is 6.12. The Labute approximate surface area is 153 Å². The maximum Gasteiger partial charge on any atom is 0.254 e. The van der Waals surface area contributed by atoms with E-state index in [1.54, 1.807) is 13.1 Å². The molecule has 2 aliphatic rings. The van der Waals surface area contributed by atoms with Crippen molar-refractivity contribution in [1.82, 2.24) is 9.80 Å². The summed E-state index contributed by atoms with van der Waals surface area (Å²) in [5, 5.41) is 0. The lowest BCUT2D eigenvalue weighted by atomic mass is 9.98. The third kappa shape index (κ3) is 2.94. The van der Waals surface area contributed by atoms with Crippen molar-refractivity contribution in [3.05, 3.63) is 54.1 Å². The first-order chi connectivity index (χ1) is 12.6. The lowest BCUT2D eigenvalue weighted by molar-refractivity contribution is -0.133. The number of para-hydroxylation sites is 1. The van der Waals surface area contributed by atoms with Crippen LogP contribution in [0.5, 0.6) is 5.75 Å². The third-order valence-electron chi connectivity index (χ3n) is 5.18. The molecule has 1 fully saturated rings. The molecule has 4 rings (SSSR count). The van der Waals surface area contributed by atoms with Gasteiger partial charge in [-0.2, -0.15) is 0 Å². The molecule has 0 radical (unpaired) electrons. The Morgan fingerprint density at radius 3 is 2.46 bits per heavy atom. The molecule has 0 spiro atoms.